The SMILES string of the molecule is COP1(=O)OCC2OC(n3cnc4c(N)ncnc43)C(OP(S)OCC3OC(n4cnc5c(N)ncnc54)C(F)C3O1)C2O. The molecule has 23 heteroatoms. The summed E-state index contributed by atoms with van der Waals surface area (Å²) in [7, 11) is -5.44. The van der Waals surface area contributed by atoms with E-state index in [1.807, 2.05) is 0 Å². The Bertz CT molecular complexity index is 1740. The molecule has 0 aromatic carbocycles. The molecule has 10 unspecified atom stereocenters. The molecule has 10 atom stereocenters. The molecule has 2 bridgehead atoms. The van der Waals surface area contributed by atoms with Crippen LogP contribution in [0.15, 0.2) is 25.3 Å². The summed E-state index contributed by atoms with van der Waals surface area (Å²) in [6, 6.07) is 0. The fourth-order valence-electron chi connectivity index (χ4n) is 5.20. The molecule has 3 aliphatic heterocycles. The number of hydrogen-bond donors (Lipinski definition) is 4. The van der Waals surface area contributed by atoms with Crippen molar-refractivity contribution in [1.29, 1.82) is 0 Å². The standard InChI is InChI=1S/C21H25FN10O9P2S/c1-35-43(34)37-3-8-13(33)15(21(38-8)32-7-30-12-17(24)26-5-28-19(12)32)40-42(44)36-2-9-14(41-43)10(22)20(39-9)31-6-29-11-16(23)25-4-27-18(11)31/h4-10,13-15,20-21,33,44H,2-3H2,1H3,(H2,23,25,27)(H2,24,26,28). The molecule has 3 fully saturated rings. The zero-order chi connectivity index (χ0) is 30.7. The van der Waals surface area contributed by atoms with Gasteiger partial charge < -0.3 is 35.1 Å². The maximum Gasteiger partial charge on any atom is 0.475 e. The average molecular weight is 675 g/mol. The van der Waals surface area contributed by atoms with Gasteiger partial charge in [0.2, 0.25) is 7.58 Å². The lowest BCUT2D eigenvalue weighted by Gasteiger charge is -2.26. The highest BCUT2D eigenvalue weighted by Gasteiger charge is 2.53. The summed E-state index contributed by atoms with van der Waals surface area (Å²) in [4.78, 5) is 24.6. The number of thiol groups is 1. The van der Waals surface area contributed by atoms with Crippen LogP contribution in [0.1, 0.15) is 12.5 Å². The summed E-state index contributed by atoms with van der Waals surface area (Å²) in [5, 5.41) is 11.2. The minimum Gasteiger partial charge on any atom is -0.387 e. The molecule has 4 aromatic heterocycles. The van der Waals surface area contributed by atoms with E-state index in [0.29, 0.717) is 11.2 Å². The van der Waals surface area contributed by atoms with Crippen LogP contribution in [0.25, 0.3) is 22.3 Å². The maximum atomic E-state index is 16.1. The molecule has 0 radical (unpaired) electrons. The van der Waals surface area contributed by atoms with Crippen molar-refractivity contribution in [2.24, 2.45) is 0 Å². The third-order valence-corrected chi connectivity index (χ3v) is 10.2. The molecule has 3 saturated heterocycles. The fraction of sp³-hybridized carbons (Fsp3) is 0.524. The van der Waals surface area contributed by atoms with E-state index in [1.165, 1.54) is 34.4 Å². The van der Waals surface area contributed by atoms with Crippen molar-refractivity contribution in [2.45, 2.75) is 49.1 Å². The van der Waals surface area contributed by atoms with Gasteiger partial charge in [-0.1, -0.05) is 12.2 Å². The summed E-state index contributed by atoms with van der Waals surface area (Å²) in [5.74, 6) is 0.233. The van der Waals surface area contributed by atoms with Crippen molar-refractivity contribution in [1.82, 2.24) is 39.0 Å². The van der Waals surface area contributed by atoms with E-state index in [4.69, 9.17) is 43.6 Å². The van der Waals surface area contributed by atoms with Crippen molar-refractivity contribution in [3.05, 3.63) is 25.3 Å². The van der Waals surface area contributed by atoms with E-state index in [2.05, 4.69) is 42.2 Å². The minimum absolute atomic E-state index is 0.0939. The number of phosphoric acid groups is 1. The zero-order valence-corrected chi connectivity index (χ0v) is 25.2. The molecule has 44 heavy (non-hydrogen) atoms. The first kappa shape index (κ1) is 30.0. The van der Waals surface area contributed by atoms with Crippen LogP contribution >= 0.6 is 27.6 Å². The number of halogens is 1. The van der Waals surface area contributed by atoms with Crippen LogP contribution in [-0.2, 0) is 36.7 Å². The van der Waals surface area contributed by atoms with Crippen molar-refractivity contribution in [3.63, 3.8) is 0 Å². The summed E-state index contributed by atoms with van der Waals surface area (Å²) >= 11 is 4.43. The number of nitrogens with zero attached hydrogens (tertiary/aromatic N) is 8. The van der Waals surface area contributed by atoms with E-state index in [1.54, 1.807) is 0 Å². The predicted octanol–water partition coefficient (Wildman–Crippen LogP) is 1.05. The maximum absolute atomic E-state index is 16.1. The largest absolute Gasteiger partial charge is 0.475 e. The predicted molar refractivity (Wildman–Crippen MR) is 150 cm³/mol. The number of nitrogen functional groups attached to an aromatic ring is 2. The molecule has 4 aromatic rings. The molecule has 0 spiro atoms. The van der Waals surface area contributed by atoms with E-state index < -0.39 is 71.2 Å². The topological polar surface area (TPSA) is 241 Å². The van der Waals surface area contributed by atoms with E-state index in [0.717, 1.165) is 7.11 Å². The van der Waals surface area contributed by atoms with Gasteiger partial charge in [-0.25, -0.2) is 38.9 Å². The highest BCUT2D eigenvalue weighted by molar-refractivity contribution is 8.41. The molecule has 7 heterocycles. The van der Waals surface area contributed by atoms with Crippen molar-refractivity contribution < 1.29 is 46.2 Å². The highest BCUT2D eigenvalue weighted by atomic mass is 32.7. The third-order valence-electron chi connectivity index (χ3n) is 7.33. The van der Waals surface area contributed by atoms with Crippen LogP contribution in [0.4, 0.5) is 16.0 Å². The fourth-order valence-corrected chi connectivity index (χ4v) is 7.63. The van der Waals surface area contributed by atoms with Crippen molar-refractivity contribution in [3.8, 4) is 0 Å². The molecule has 7 rings (SSSR count). The lowest BCUT2D eigenvalue weighted by atomic mass is 10.1. The smallest absolute Gasteiger partial charge is 0.387 e. The quantitative estimate of drug-likeness (QED) is 0.175. The first-order chi connectivity index (χ1) is 21.2. The van der Waals surface area contributed by atoms with Crippen LogP contribution in [0, 0.1) is 0 Å². The Morgan fingerprint density at radius 3 is 2.23 bits per heavy atom. The van der Waals surface area contributed by atoms with Gasteiger partial charge in [0, 0.05) is 7.11 Å². The van der Waals surface area contributed by atoms with Gasteiger partial charge in [0.25, 0.3) is 0 Å². The number of ether oxygens (including phenoxy) is 2. The van der Waals surface area contributed by atoms with Gasteiger partial charge in [0.05, 0.1) is 25.9 Å². The number of imidazole rings is 2. The summed E-state index contributed by atoms with van der Waals surface area (Å²) in [6.45, 7) is -0.835. The van der Waals surface area contributed by atoms with Crippen LogP contribution in [0.2, 0.25) is 0 Å². The number of nitrogens with two attached hydrogens (primary N) is 2. The number of phosphoric ester groups is 1. The lowest BCUT2D eigenvalue weighted by Crippen LogP contribution is -2.35. The van der Waals surface area contributed by atoms with E-state index in [-0.39, 0.29) is 29.4 Å². The lowest BCUT2D eigenvalue weighted by molar-refractivity contribution is -0.0611. The number of aliphatic hydroxyl groups is 1. The second-order valence-electron chi connectivity index (χ2n) is 9.83. The second kappa shape index (κ2) is 11.6. The zero-order valence-electron chi connectivity index (χ0n) is 22.5. The third kappa shape index (κ3) is 5.11. The van der Waals surface area contributed by atoms with Gasteiger partial charge >= 0.3 is 7.82 Å². The van der Waals surface area contributed by atoms with Crippen molar-refractivity contribution in [2.75, 3.05) is 31.8 Å². The Morgan fingerprint density at radius 2 is 1.59 bits per heavy atom. The number of aromatic nitrogens is 8. The molecule has 0 aliphatic carbocycles. The van der Waals surface area contributed by atoms with Crippen LogP contribution in [0.3, 0.4) is 0 Å². The Labute approximate surface area is 253 Å². The molecule has 19 nitrogen and oxygen atoms in total. The monoisotopic (exact) mass is 674 g/mol. The summed E-state index contributed by atoms with van der Waals surface area (Å²) in [6.07, 6.45) is -5.40. The number of fused-ring (bicyclic) bond motifs is 5. The number of aliphatic hydroxyl groups excluding tert-OH is 1. The molecule has 0 amide bonds. The second-order valence-corrected chi connectivity index (χ2v) is 13.5. The van der Waals surface area contributed by atoms with E-state index >= 15 is 4.39 Å². The number of rotatable bonds is 3. The molecular formula is C21H25FN10O9P2S. The van der Waals surface area contributed by atoms with Gasteiger partial charge in [0.1, 0.15) is 54.2 Å². The van der Waals surface area contributed by atoms with Gasteiger partial charge in [-0.05, 0) is 0 Å². The minimum atomic E-state index is -4.47. The van der Waals surface area contributed by atoms with Crippen LogP contribution < -0.4 is 11.5 Å². The molecular weight excluding hydrogens is 649 g/mol. The Hall–Kier alpha value is -2.68. The Kier molecular flexibility index (Phi) is 7.91. The molecule has 236 valence electrons. The molecule has 0 saturated carbocycles. The normalized spacial score (nSPS) is 36.6. The molecule has 3 aliphatic rings. The first-order valence-corrected chi connectivity index (χ1v) is 16.7. The van der Waals surface area contributed by atoms with E-state index in [9.17, 15) is 9.67 Å². The highest BCUT2D eigenvalue weighted by Crippen LogP contribution is 2.56. The number of anilines is 2. The number of alkyl halides is 1. The first-order valence-electron chi connectivity index (χ1n) is 12.9. The number of hydrogen-bond acceptors (Lipinski definition) is 18. The van der Waals surface area contributed by atoms with Gasteiger partial charge in [-0.2, -0.15) is 0 Å². The Morgan fingerprint density at radius 1 is 0.977 bits per heavy atom. The van der Waals surface area contributed by atoms with Gasteiger partial charge in [0.15, 0.2) is 41.6 Å². The average Bonchev–Trinajstić information content (AvgIpc) is 3.77. The Balaban J connectivity index is 1.19. The van der Waals surface area contributed by atoms with Gasteiger partial charge in [-0.3, -0.25) is 22.7 Å². The summed E-state index contributed by atoms with van der Waals surface area (Å²) < 4.78 is 72.7. The van der Waals surface area contributed by atoms with Crippen LogP contribution in [0.5, 0.6) is 0 Å². The van der Waals surface area contributed by atoms with Crippen molar-refractivity contribution >= 4 is 61.6 Å². The summed E-state index contributed by atoms with van der Waals surface area (Å²) in [5.41, 5.74) is 12.9. The van der Waals surface area contributed by atoms with Gasteiger partial charge in [-0.15, -0.1) is 0 Å². The molecule has 5 N–H and O–H groups in total. The van der Waals surface area contributed by atoms with Crippen LogP contribution in [-0.4, -0.2) is 101 Å².